The molecule has 1 rings (SSSR count). The zero-order chi connectivity index (χ0) is 9.41. The molecule has 12 heavy (non-hydrogen) atoms. The monoisotopic (exact) mass is 163 g/mol. The van der Waals surface area contributed by atoms with E-state index in [0.717, 1.165) is 6.42 Å². The number of allylic oxidation sites excluding steroid dienone is 4. The number of hydrogen-bond acceptors (Lipinski definition) is 0. The average Bonchev–Trinajstić information content (AvgIpc) is 1.93. The standard InChI is InChI=1S/C12H19/c1-10-6-8-12(5,9-7-10)11(2,3)4/h6-8H,5,9H2,1-4H3. The summed E-state index contributed by atoms with van der Waals surface area (Å²) in [6, 6.07) is 0. The molecular weight excluding hydrogens is 144 g/mol. The molecule has 1 aliphatic rings. The van der Waals surface area contributed by atoms with Crippen LogP contribution in [0.3, 0.4) is 0 Å². The van der Waals surface area contributed by atoms with Gasteiger partial charge in [-0.05, 0) is 31.1 Å². The van der Waals surface area contributed by atoms with Gasteiger partial charge in [-0.2, -0.15) is 0 Å². The quantitative estimate of drug-likeness (QED) is 0.510. The third-order valence-electron chi connectivity index (χ3n) is 2.95. The molecule has 67 valence electrons. The van der Waals surface area contributed by atoms with E-state index in [1.807, 2.05) is 0 Å². The van der Waals surface area contributed by atoms with Gasteiger partial charge in [0.25, 0.3) is 0 Å². The van der Waals surface area contributed by atoms with Crippen molar-refractivity contribution in [3.8, 4) is 0 Å². The Kier molecular flexibility index (Phi) is 2.20. The Balaban J connectivity index is 2.86. The van der Waals surface area contributed by atoms with Gasteiger partial charge in [0.2, 0.25) is 0 Å². The molecule has 0 aromatic heterocycles. The normalized spacial score (nSPS) is 30.2. The SMILES string of the molecule is [CH2]C1(C(C)(C)C)C=CC(C)=CC1. The summed E-state index contributed by atoms with van der Waals surface area (Å²) in [7, 11) is 0. The van der Waals surface area contributed by atoms with E-state index in [0.29, 0.717) is 0 Å². The van der Waals surface area contributed by atoms with Gasteiger partial charge in [0, 0.05) is 0 Å². The van der Waals surface area contributed by atoms with E-state index in [1.54, 1.807) is 0 Å². The van der Waals surface area contributed by atoms with E-state index in [9.17, 15) is 0 Å². The van der Waals surface area contributed by atoms with Crippen molar-refractivity contribution in [2.75, 3.05) is 0 Å². The summed E-state index contributed by atoms with van der Waals surface area (Å²) >= 11 is 0. The lowest BCUT2D eigenvalue weighted by atomic mass is 9.64. The van der Waals surface area contributed by atoms with Gasteiger partial charge in [-0.3, -0.25) is 0 Å². The van der Waals surface area contributed by atoms with E-state index in [-0.39, 0.29) is 10.8 Å². The summed E-state index contributed by atoms with van der Waals surface area (Å²) in [5, 5.41) is 0. The lowest BCUT2D eigenvalue weighted by Gasteiger charge is -2.40. The van der Waals surface area contributed by atoms with Gasteiger partial charge in [0.05, 0.1) is 0 Å². The summed E-state index contributed by atoms with van der Waals surface area (Å²) in [4.78, 5) is 0. The lowest BCUT2D eigenvalue weighted by Crippen LogP contribution is -2.31. The van der Waals surface area contributed by atoms with Gasteiger partial charge in [0.1, 0.15) is 0 Å². The first-order valence-corrected chi connectivity index (χ1v) is 4.56. The minimum Gasteiger partial charge on any atom is -0.0807 e. The van der Waals surface area contributed by atoms with Gasteiger partial charge in [-0.15, -0.1) is 0 Å². The average molecular weight is 163 g/mol. The van der Waals surface area contributed by atoms with Crippen LogP contribution in [0.15, 0.2) is 23.8 Å². The van der Waals surface area contributed by atoms with E-state index < -0.39 is 0 Å². The molecule has 1 unspecified atom stereocenters. The summed E-state index contributed by atoms with van der Waals surface area (Å²) < 4.78 is 0. The molecule has 0 bridgehead atoms. The van der Waals surface area contributed by atoms with Crippen LogP contribution in [-0.2, 0) is 0 Å². The highest BCUT2D eigenvalue weighted by atomic mass is 14.4. The molecule has 0 saturated carbocycles. The molecule has 0 aromatic carbocycles. The summed E-state index contributed by atoms with van der Waals surface area (Å²) in [6.07, 6.45) is 7.78. The molecule has 0 aromatic rings. The van der Waals surface area contributed by atoms with Crippen molar-refractivity contribution >= 4 is 0 Å². The summed E-state index contributed by atoms with van der Waals surface area (Å²) in [6.45, 7) is 13.2. The van der Waals surface area contributed by atoms with Gasteiger partial charge in [-0.25, -0.2) is 0 Å². The largest absolute Gasteiger partial charge is 0.0807 e. The van der Waals surface area contributed by atoms with E-state index >= 15 is 0 Å². The van der Waals surface area contributed by atoms with Crippen LogP contribution in [-0.4, -0.2) is 0 Å². The highest BCUT2D eigenvalue weighted by Gasteiger charge is 2.35. The van der Waals surface area contributed by atoms with Gasteiger partial charge in [-0.1, -0.05) is 44.6 Å². The molecule has 1 radical (unpaired) electrons. The van der Waals surface area contributed by atoms with Crippen LogP contribution < -0.4 is 0 Å². The van der Waals surface area contributed by atoms with Crippen molar-refractivity contribution in [1.29, 1.82) is 0 Å². The molecule has 0 spiro atoms. The number of hydrogen-bond donors (Lipinski definition) is 0. The fourth-order valence-electron chi connectivity index (χ4n) is 1.33. The van der Waals surface area contributed by atoms with Crippen molar-refractivity contribution in [1.82, 2.24) is 0 Å². The van der Waals surface area contributed by atoms with Crippen LogP contribution >= 0.6 is 0 Å². The second-order valence-electron chi connectivity index (χ2n) is 4.89. The Morgan fingerprint density at radius 1 is 1.42 bits per heavy atom. The maximum atomic E-state index is 4.30. The molecule has 0 saturated heterocycles. The second kappa shape index (κ2) is 2.76. The highest BCUT2D eigenvalue weighted by Crippen LogP contribution is 2.44. The van der Waals surface area contributed by atoms with Crippen molar-refractivity contribution in [3.05, 3.63) is 30.7 Å². The van der Waals surface area contributed by atoms with Crippen LogP contribution in [0, 0.1) is 17.8 Å². The Bertz CT molecular complexity index is 225. The van der Waals surface area contributed by atoms with Crippen molar-refractivity contribution in [2.24, 2.45) is 10.8 Å². The fraction of sp³-hybridized carbons (Fsp3) is 0.583. The van der Waals surface area contributed by atoms with Gasteiger partial charge in [0.15, 0.2) is 0 Å². The van der Waals surface area contributed by atoms with E-state index in [2.05, 4.69) is 52.8 Å². The molecule has 1 atom stereocenters. The number of rotatable bonds is 0. The molecule has 0 heterocycles. The third-order valence-corrected chi connectivity index (χ3v) is 2.95. The van der Waals surface area contributed by atoms with Crippen LogP contribution in [0.5, 0.6) is 0 Å². The maximum Gasteiger partial charge on any atom is -0.00316 e. The predicted octanol–water partition coefficient (Wildman–Crippen LogP) is 3.76. The Hall–Kier alpha value is -0.520. The van der Waals surface area contributed by atoms with Crippen LogP contribution in [0.25, 0.3) is 0 Å². The zero-order valence-corrected chi connectivity index (χ0v) is 8.65. The topological polar surface area (TPSA) is 0 Å². The second-order valence-corrected chi connectivity index (χ2v) is 4.89. The minimum atomic E-state index is 0.0898. The molecule has 0 aliphatic heterocycles. The third kappa shape index (κ3) is 1.63. The first kappa shape index (κ1) is 9.57. The lowest BCUT2D eigenvalue weighted by molar-refractivity contribution is 0.202. The summed E-state index contributed by atoms with van der Waals surface area (Å²) in [5.41, 5.74) is 1.70. The Morgan fingerprint density at radius 3 is 2.33 bits per heavy atom. The fourth-order valence-corrected chi connectivity index (χ4v) is 1.33. The Morgan fingerprint density at radius 2 is 2.00 bits per heavy atom. The van der Waals surface area contributed by atoms with E-state index in [1.165, 1.54) is 5.57 Å². The molecule has 0 N–H and O–H groups in total. The maximum absolute atomic E-state index is 4.30. The van der Waals surface area contributed by atoms with Crippen molar-refractivity contribution in [3.63, 3.8) is 0 Å². The van der Waals surface area contributed by atoms with Crippen LogP contribution in [0.2, 0.25) is 0 Å². The van der Waals surface area contributed by atoms with Gasteiger partial charge < -0.3 is 0 Å². The van der Waals surface area contributed by atoms with Crippen molar-refractivity contribution < 1.29 is 0 Å². The molecular formula is C12H19. The minimum absolute atomic E-state index is 0.0898. The van der Waals surface area contributed by atoms with Gasteiger partial charge >= 0.3 is 0 Å². The van der Waals surface area contributed by atoms with Crippen molar-refractivity contribution in [2.45, 2.75) is 34.1 Å². The molecule has 0 nitrogen and oxygen atoms in total. The Labute approximate surface area is 76.4 Å². The first-order valence-electron chi connectivity index (χ1n) is 4.56. The first-order chi connectivity index (χ1) is 5.35. The molecule has 1 aliphatic carbocycles. The predicted molar refractivity (Wildman–Crippen MR) is 54.8 cm³/mol. The molecule has 0 fully saturated rings. The van der Waals surface area contributed by atoms with Crippen LogP contribution in [0.1, 0.15) is 34.1 Å². The zero-order valence-electron chi connectivity index (χ0n) is 8.65. The highest BCUT2D eigenvalue weighted by molar-refractivity contribution is 5.27. The summed E-state index contributed by atoms with van der Waals surface area (Å²) in [5.74, 6) is 0. The smallest absolute Gasteiger partial charge is 0.00316 e. The van der Waals surface area contributed by atoms with Crippen LogP contribution in [0.4, 0.5) is 0 Å². The van der Waals surface area contributed by atoms with E-state index in [4.69, 9.17) is 0 Å². The molecule has 0 heteroatoms. The molecule has 0 amide bonds.